The van der Waals surface area contributed by atoms with Gasteiger partial charge in [-0.25, -0.2) is 0 Å². The Labute approximate surface area is 157 Å². The predicted octanol–water partition coefficient (Wildman–Crippen LogP) is 0.818. The lowest BCUT2D eigenvalue weighted by molar-refractivity contribution is -0.120. The van der Waals surface area contributed by atoms with Gasteiger partial charge < -0.3 is 5.32 Å². The molecular formula is C17H20N6O3S. The Morgan fingerprint density at radius 3 is 2.56 bits per heavy atom. The van der Waals surface area contributed by atoms with Crippen LogP contribution in [0.2, 0.25) is 0 Å². The van der Waals surface area contributed by atoms with Crippen molar-refractivity contribution in [1.82, 2.24) is 18.8 Å². The molecule has 10 heteroatoms. The molecule has 27 heavy (non-hydrogen) atoms. The highest BCUT2D eigenvalue weighted by molar-refractivity contribution is 7.87. The molecule has 2 atom stereocenters. The van der Waals surface area contributed by atoms with E-state index in [1.807, 2.05) is 13.0 Å². The minimum absolute atomic E-state index is 0.268. The zero-order valence-corrected chi connectivity index (χ0v) is 16.0. The van der Waals surface area contributed by atoms with Gasteiger partial charge in [-0.05, 0) is 37.6 Å². The number of aromatic nitrogens is 2. The van der Waals surface area contributed by atoms with E-state index in [-0.39, 0.29) is 6.42 Å². The van der Waals surface area contributed by atoms with E-state index >= 15 is 0 Å². The van der Waals surface area contributed by atoms with Crippen molar-refractivity contribution in [1.29, 1.82) is 5.26 Å². The lowest BCUT2D eigenvalue weighted by Gasteiger charge is -2.36. The Morgan fingerprint density at radius 2 is 2.00 bits per heavy atom. The first-order valence-electron chi connectivity index (χ1n) is 8.27. The van der Waals surface area contributed by atoms with Crippen LogP contribution >= 0.6 is 0 Å². The molecule has 2 aromatic rings. The number of rotatable bonds is 3. The average molecular weight is 388 g/mol. The zero-order chi connectivity index (χ0) is 19.8. The monoisotopic (exact) mass is 388 g/mol. The summed E-state index contributed by atoms with van der Waals surface area (Å²) in [5, 5.41) is 15.7. The minimum atomic E-state index is -3.82. The van der Waals surface area contributed by atoms with Crippen LogP contribution < -0.4 is 10.0 Å². The average Bonchev–Trinajstić information content (AvgIpc) is 2.97. The van der Waals surface area contributed by atoms with Crippen molar-refractivity contribution in [3.63, 3.8) is 0 Å². The fourth-order valence-electron chi connectivity index (χ4n) is 3.02. The van der Waals surface area contributed by atoms with Crippen LogP contribution in [-0.2, 0) is 22.1 Å². The van der Waals surface area contributed by atoms with Crippen LogP contribution in [0.5, 0.6) is 0 Å². The van der Waals surface area contributed by atoms with Crippen LogP contribution in [0.3, 0.4) is 0 Å². The number of amides is 1. The summed E-state index contributed by atoms with van der Waals surface area (Å²) in [4.78, 5) is 12.8. The summed E-state index contributed by atoms with van der Waals surface area (Å²) in [5.74, 6) is -0.432. The van der Waals surface area contributed by atoms with Gasteiger partial charge in [-0.2, -0.15) is 27.8 Å². The standard InChI is InChI=1S/C17H20N6O3S/c1-11-14(10-19-22(11)2)15-8-16(23(3)27(25,26)21-15)17(24)20-13-6-4-12(9-18)5-7-13/h4-7,10,15-16,21H,8H2,1-3H3,(H,20,24)/t15-,16+/m0/s1. The van der Waals surface area contributed by atoms with Gasteiger partial charge in [-0.3, -0.25) is 9.48 Å². The summed E-state index contributed by atoms with van der Waals surface area (Å²) >= 11 is 0. The number of anilines is 1. The Balaban J connectivity index is 1.84. The third kappa shape index (κ3) is 3.71. The Bertz CT molecular complexity index is 1010. The van der Waals surface area contributed by atoms with Crippen molar-refractivity contribution in [2.45, 2.75) is 25.4 Å². The van der Waals surface area contributed by atoms with Crippen molar-refractivity contribution >= 4 is 21.8 Å². The number of nitrogens with zero attached hydrogens (tertiary/aromatic N) is 4. The first-order chi connectivity index (χ1) is 12.7. The molecule has 1 amide bonds. The van der Waals surface area contributed by atoms with Crippen molar-refractivity contribution in [3.05, 3.63) is 47.3 Å². The number of carbonyl (C=O) groups excluding carboxylic acids is 1. The third-order valence-electron chi connectivity index (χ3n) is 4.80. The SMILES string of the molecule is Cc1c([C@@H]2C[C@H](C(=O)Nc3ccc(C#N)cc3)N(C)S(=O)(=O)N2)cnn1C. The highest BCUT2D eigenvalue weighted by Crippen LogP contribution is 2.29. The lowest BCUT2D eigenvalue weighted by atomic mass is 10.00. The van der Waals surface area contributed by atoms with Crippen molar-refractivity contribution in [2.24, 2.45) is 7.05 Å². The van der Waals surface area contributed by atoms with Crippen LogP contribution in [0, 0.1) is 18.3 Å². The fourth-order valence-corrected chi connectivity index (χ4v) is 4.29. The molecule has 1 aromatic carbocycles. The minimum Gasteiger partial charge on any atom is -0.325 e. The molecule has 1 aliphatic rings. The maximum absolute atomic E-state index is 12.8. The summed E-state index contributed by atoms with van der Waals surface area (Å²) in [7, 11) is -0.673. The van der Waals surface area contributed by atoms with Gasteiger partial charge in [0.15, 0.2) is 0 Å². The fraction of sp³-hybridized carbons (Fsp3) is 0.353. The second kappa shape index (κ2) is 7.11. The van der Waals surface area contributed by atoms with E-state index in [2.05, 4.69) is 15.1 Å². The van der Waals surface area contributed by atoms with E-state index in [1.54, 1.807) is 42.2 Å². The lowest BCUT2D eigenvalue weighted by Crippen LogP contribution is -2.56. The van der Waals surface area contributed by atoms with E-state index in [4.69, 9.17) is 5.26 Å². The molecule has 1 aliphatic heterocycles. The van der Waals surface area contributed by atoms with Gasteiger partial charge in [-0.15, -0.1) is 0 Å². The van der Waals surface area contributed by atoms with E-state index in [1.165, 1.54) is 7.05 Å². The van der Waals surface area contributed by atoms with Gasteiger partial charge >= 0.3 is 0 Å². The molecule has 142 valence electrons. The molecule has 0 unspecified atom stereocenters. The van der Waals surface area contributed by atoms with Gasteiger partial charge in [0, 0.05) is 31.0 Å². The van der Waals surface area contributed by atoms with E-state index in [0.29, 0.717) is 11.3 Å². The largest absolute Gasteiger partial charge is 0.325 e. The second-order valence-electron chi connectivity index (χ2n) is 6.43. The number of hydrogen-bond acceptors (Lipinski definition) is 5. The first-order valence-corrected chi connectivity index (χ1v) is 9.71. The van der Waals surface area contributed by atoms with Gasteiger partial charge in [-0.1, -0.05) is 0 Å². The maximum Gasteiger partial charge on any atom is 0.280 e. The highest BCUT2D eigenvalue weighted by atomic mass is 32.2. The van der Waals surface area contributed by atoms with Gasteiger partial charge in [0.25, 0.3) is 10.2 Å². The molecule has 3 rings (SSSR count). The van der Waals surface area contributed by atoms with Crippen LogP contribution in [-0.4, -0.2) is 41.5 Å². The number of carbonyl (C=O) groups is 1. The van der Waals surface area contributed by atoms with Crippen molar-refractivity contribution < 1.29 is 13.2 Å². The molecule has 0 aliphatic carbocycles. The van der Waals surface area contributed by atoms with Crippen LogP contribution in [0.25, 0.3) is 0 Å². The number of hydrogen-bond donors (Lipinski definition) is 2. The Morgan fingerprint density at radius 1 is 1.33 bits per heavy atom. The highest BCUT2D eigenvalue weighted by Gasteiger charge is 2.41. The Hall–Kier alpha value is -2.74. The summed E-state index contributed by atoms with van der Waals surface area (Å²) in [6.45, 7) is 1.85. The molecule has 0 bridgehead atoms. The van der Waals surface area contributed by atoms with Crippen LogP contribution in [0.4, 0.5) is 5.69 Å². The van der Waals surface area contributed by atoms with Gasteiger partial charge in [0.05, 0.1) is 23.9 Å². The van der Waals surface area contributed by atoms with E-state index in [9.17, 15) is 13.2 Å². The molecule has 2 heterocycles. The normalized spacial score (nSPS) is 22.1. The molecule has 1 aromatic heterocycles. The molecule has 0 saturated carbocycles. The summed E-state index contributed by atoms with van der Waals surface area (Å²) in [6, 6.07) is 6.96. The maximum atomic E-state index is 12.8. The first kappa shape index (κ1) is 19.0. The second-order valence-corrected chi connectivity index (χ2v) is 8.19. The topological polar surface area (TPSA) is 120 Å². The molecule has 9 nitrogen and oxygen atoms in total. The van der Waals surface area contributed by atoms with Crippen LogP contribution in [0.1, 0.15) is 29.3 Å². The molecule has 2 N–H and O–H groups in total. The number of benzene rings is 1. The smallest absolute Gasteiger partial charge is 0.280 e. The summed E-state index contributed by atoms with van der Waals surface area (Å²) < 4.78 is 30.3. The number of nitriles is 1. The quantitative estimate of drug-likeness (QED) is 0.806. The van der Waals surface area contributed by atoms with Gasteiger partial charge in [0.2, 0.25) is 5.91 Å². The van der Waals surface area contributed by atoms with Gasteiger partial charge in [0.1, 0.15) is 6.04 Å². The van der Waals surface area contributed by atoms with Crippen molar-refractivity contribution in [2.75, 3.05) is 12.4 Å². The molecular weight excluding hydrogens is 368 g/mol. The number of nitrogens with one attached hydrogen (secondary N) is 2. The molecule has 0 spiro atoms. The number of likely N-dealkylation sites (N-methyl/N-ethyl adjacent to an activating group) is 1. The summed E-state index contributed by atoms with van der Waals surface area (Å²) in [6.07, 6.45) is 1.88. The van der Waals surface area contributed by atoms with Crippen LogP contribution in [0.15, 0.2) is 30.5 Å². The van der Waals surface area contributed by atoms with E-state index < -0.39 is 28.2 Å². The zero-order valence-electron chi connectivity index (χ0n) is 15.2. The van der Waals surface area contributed by atoms with E-state index in [0.717, 1.165) is 15.6 Å². The third-order valence-corrected chi connectivity index (χ3v) is 6.40. The number of aryl methyl sites for hydroxylation is 1. The predicted molar refractivity (Wildman–Crippen MR) is 98.7 cm³/mol. The van der Waals surface area contributed by atoms with Crippen molar-refractivity contribution in [3.8, 4) is 6.07 Å². The molecule has 1 saturated heterocycles. The summed E-state index contributed by atoms with van der Waals surface area (Å²) in [5.41, 5.74) is 2.54. The molecule has 0 radical (unpaired) electrons. The Kier molecular flexibility index (Phi) is 5.01. The molecule has 1 fully saturated rings.